The Balaban J connectivity index is 2.18. The first-order valence-electron chi connectivity index (χ1n) is 7.04. The molecule has 1 aromatic rings. The molecule has 1 aromatic carbocycles. The van der Waals surface area contributed by atoms with Gasteiger partial charge in [-0.1, -0.05) is 44.2 Å². The maximum absolute atomic E-state index is 12.5. The number of carbonyl (C=O) groups excluding carboxylic acids is 1. The lowest BCUT2D eigenvalue weighted by atomic mass is 10.1. The Labute approximate surface area is 120 Å². The molecule has 2 unspecified atom stereocenters. The Morgan fingerprint density at radius 2 is 1.95 bits per heavy atom. The second-order valence-corrected chi connectivity index (χ2v) is 6.19. The zero-order chi connectivity index (χ0) is 14.9. The molecule has 4 nitrogen and oxygen atoms in total. The van der Waals surface area contributed by atoms with Crippen molar-refractivity contribution in [3.8, 4) is 0 Å². The van der Waals surface area contributed by atoms with E-state index < -0.39 is 11.8 Å². The van der Waals surface area contributed by atoms with E-state index in [0.29, 0.717) is 0 Å². The smallest absolute Gasteiger partial charge is 0.231 e. The topological polar surface area (TPSA) is 49.8 Å². The molecule has 1 aliphatic heterocycles. The van der Waals surface area contributed by atoms with Crippen molar-refractivity contribution in [2.45, 2.75) is 52.2 Å². The van der Waals surface area contributed by atoms with Crippen molar-refractivity contribution in [3.05, 3.63) is 35.9 Å². The number of carbonyl (C=O) groups is 1. The molecule has 1 fully saturated rings. The number of ether oxygens (including phenoxy) is 1. The van der Waals surface area contributed by atoms with Crippen molar-refractivity contribution in [2.75, 3.05) is 0 Å². The molecule has 4 heteroatoms. The minimum Gasteiger partial charge on any atom is -0.370 e. The zero-order valence-corrected chi connectivity index (χ0v) is 12.5. The predicted octanol–water partition coefficient (Wildman–Crippen LogP) is 2.17. The van der Waals surface area contributed by atoms with E-state index in [-0.39, 0.29) is 24.5 Å². The Bertz CT molecular complexity index is 470. The Hall–Kier alpha value is -1.39. The van der Waals surface area contributed by atoms with Crippen LogP contribution in [-0.4, -0.2) is 34.0 Å². The third kappa shape index (κ3) is 2.86. The molecule has 0 spiro atoms. The van der Waals surface area contributed by atoms with Crippen molar-refractivity contribution >= 4 is 5.91 Å². The van der Waals surface area contributed by atoms with Crippen LogP contribution in [0.3, 0.4) is 0 Å². The van der Waals surface area contributed by atoms with E-state index in [9.17, 15) is 9.90 Å². The summed E-state index contributed by atoms with van der Waals surface area (Å²) in [5, 5.41) is 10.4. The number of rotatable bonds is 3. The molecule has 0 aromatic heterocycles. The summed E-state index contributed by atoms with van der Waals surface area (Å²) < 4.78 is 5.85. The quantitative estimate of drug-likeness (QED) is 0.921. The van der Waals surface area contributed by atoms with Crippen molar-refractivity contribution < 1.29 is 14.6 Å². The average Bonchev–Trinajstić information content (AvgIpc) is 2.62. The molecule has 20 heavy (non-hydrogen) atoms. The molecule has 2 atom stereocenters. The van der Waals surface area contributed by atoms with Gasteiger partial charge in [0.25, 0.3) is 0 Å². The molecule has 1 N–H and O–H groups in total. The van der Waals surface area contributed by atoms with E-state index in [1.807, 2.05) is 58.0 Å². The highest BCUT2D eigenvalue weighted by atomic mass is 16.6. The first-order valence-corrected chi connectivity index (χ1v) is 7.04. The minimum atomic E-state index is -0.911. The van der Waals surface area contributed by atoms with Gasteiger partial charge in [0.1, 0.15) is 11.8 Å². The largest absolute Gasteiger partial charge is 0.370 e. The summed E-state index contributed by atoms with van der Waals surface area (Å²) in [6.07, 6.45) is -1.01. The summed E-state index contributed by atoms with van der Waals surface area (Å²) in [4.78, 5) is 14.0. The van der Waals surface area contributed by atoms with Crippen LogP contribution in [0.1, 0.15) is 33.3 Å². The molecule has 2 rings (SSSR count). The van der Waals surface area contributed by atoms with E-state index in [1.54, 1.807) is 0 Å². The molecule has 110 valence electrons. The summed E-state index contributed by atoms with van der Waals surface area (Å²) in [5.74, 6) is 0.0270. The third-order valence-electron chi connectivity index (χ3n) is 3.64. The highest BCUT2D eigenvalue weighted by Crippen LogP contribution is 2.34. The van der Waals surface area contributed by atoms with Crippen molar-refractivity contribution in [1.82, 2.24) is 4.90 Å². The number of amides is 1. The molecule has 1 saturated heterocycles. The highest BCUT2D eigenvalue weighted by molar-refractivity contribution is 5.79. The van der Waals surface area contributed by atoms with Gasteiger partial charge >= 0.3 is 0 Å². The molecule has 1 heterocycles. The Morgan fingerprint density at radius 1 is 1.35 bits per heavy atom. The van der Waals surface area contributed by atoms with Gasteiger partial charge in [0.05, 0.1) is 6.42 Å². The SMILES string of the molecule is CC(C)C1OC(C)(C)C(O)N1C(=O)Cc1ccccc1. The molecule has 1 aliphatic rings. The van der Waals surface area contributed by atoms with Gasteiger partial charge in [0.2, 0.25) is 5.91 Å². The summed E-state index contributed by atoms with van der Waals surface area (Å²) in [5.41, 5.74) is 0.207. The molecule has 0 saturated carbocycles. The summed E-state index contributed by atoms with van der Waals surface area (Å²) in [6.45, 7) is 7.59. The fourth-order valence-electron chi connectivity index (χ4n) is 2.50. The fraction of sp³-hybridized carbons (Fsp3) is 0.562. The van der Waals surface area contributed by atoms with Crippen LogP contribution >= 0.6 is 0 Å². The molecule has 0 radical (unpaired) electrons. The Kier molecular flexibility index (Phi) is 4.16. The first-order chi connectivity index (χ1) is 9.33. The van der Waals surface area contributed by atoms with E-state index in [1.165, 1.54) is 4.90 Å². The van der Waals surface area contributed by atoms with Gasteiger partial charge in [-0.2, -0.15) is 0 Å². The zero-order valence-electron chi connectivity index (χ0n) is 12.5. The molecule has 0 bridgehead atoms. The predicted molar refractivity (Wildman–Crippen MR) is 76.8 cm³/mol. The van der Waals surface area contributed by atoms with Crippen molar-refractivity contribution in [3.63, 3.8) is 0 Å². The van der Waals surface area contributed by atoms with E-state index in [2.05, 4.69) is 0 Å². The summed E-state index contributed by atoms with van der Waals surface area (Å²) in [6, 6.07) is 9.56. The number of hydrogen-bond acceptors (Lipinski definition) is 3. The van der Waals surface area contributed by atoms with Crippen LogP contribution in [-0.2, 0) is 16.0 Å². The monoisotopic (exact) mass is 277 g/mol. The normalized spacial score (nSPS) is 25.2. The van der Waals surface area contributed by atoms with Crippen LogP contribution in [0.15, 0.2) is 30.3 Å². The van der Waals surface area contributed by atoms with E-state index in [0.717, 1.165) is 5.56 Å². The highest BCUT2D eigenvalue weighted by Gasteiger charge is 2.49. The van der Waals surface area contributed by atoms with Crippen molar-refractivity contribution in [1.29, 1.82) is 0 Å². The number of benzene rings is 1. The first kappa shape index (κ1) is 15.0. The third-order valence-corrected chi connectivity index (χ3v) is 3.64. The van der Waals surface area contributed by atoms with E-state index in [4.69, 9.17) is 4.74 Å². The van der Waals surface area contributed by atoms with Gasteiger partial charge < -0.3 is 9.84 Å². The van der Waals surface area contributed by atoms with Gasteiger partial charge in [-0.15, -0.1) is 0 Å². The van der Waals surface area contributed by atoms with Gasteiger partial charge in [0, 0.05) is 0 Å². The van der Waals surface area contributed by atoms with E-state index >= 15 is 0 Å². The Morgan fingerprint density at radius 3 is 2.50 bits per heavy atom. The van der Waals surface area contributed by atoms with Gasteiger partial charge in [-0.3, -0.25) is 9.69 Å². The maximum atomic E-state index is 12.5. The van der Waals surface area contributed by atoms with Gasteiger partial charge in [-0.25, -0.2) is 0 Å². The van der Waals surface area contributed by atoms with Gasteiger partial charge in [-0.05, 0) is 25.3 Å². The lowest BCUT2D eigenvalue weighted by Crippen LogP contribution is -2.47. The molecular formula is C16H23NO3. The number of hydrogen-bond donors (Lipinski definition) is 1. The molecular weight excluding hydrogens is 254 g/mol. The second kappa shape index (κ2) is 5.54. The summed E-state index contributed by atoms with van der Waals surface area (Å²) >= 11 is 0. The molecule has 1 amide bonds. The van der Waals surface area contributed by atoms with Gasteiger partial charge in [0.15, 0.2) is 6.23 Å². The maximum Gasteiger partial charge on any atom is 0.231 e. The van der Waals surface area contributed by atoms with Crippen LogP contribution in [0.2, 0.25) is 0 Å². The van der Waals surface area contributed by atoms with Crippen LogP contribution in [0.25, 0.3) is 0 Å². The van der Waals surface area contributed by atoms with Crippen LogP contribution in [0, 0.1) is 5.92 Å². The molecule has 0 aliphatic carbocycles. The standard InChI is InChI=1S/C16H23NO3/c1-11(2)14-17(15(19)16(3,4)20-14)13(18)10-12-8-6-5-7-9-12/h5-9,11,14-15,19H,10H2,1-4H3. The van der Waals surface area contributed by atoms with Crippen LogP contribution < -0.4 is 0 Å². The fourth-order valence-corrected chi connectivity index (χ4v) is 2.50. The lowest BCUT2D eigenvalue weighted by Gasteiger charge is -2.28. The van der Waals surface area contributed by atoms with Crippen LogP contribution in [0.4, 0.5) is 0 Å². The van der Waals surface area contributed by atoms with Crippen molar-refractivity contribution in [2.24, 2.45) is 5.92 Å². The lowest BCUT2D eigenvalue weighted by molar-refractivity contribution is -0.144. The number of nitrogens with zero attached hydrogens (tertiary/aromatic N) is 1. The average molecular weight is 277 g/mol. The number of aliphatic hydroxyl groups is 1. The summed E-state index contributed by atoms with van der Waals surface area (Å²) in [7, 11) is 0. The van der Waals surface area contributed by atoms with Crippen LogP contribution in [0.5, 0.6) is 0 Å². The minimum absolute atomic E-state index is 0.104. The number of aliphatic hydroxyl groups excluding tert-OH is 1. The second-order valence-electron chi connectivity index (χ2n) is 6.19.